The van der Waals surface area contributed by atoms with Crippen molar-refractivity contribution in [1.29, 1.82) is 0 Å². The van der Waals surface area contributed by atoms with E-state index in [2.05, 4.69) is 5.32 Å². The lowest BCUT2D eigenvalue weighted by atomic mass is 10.1. The number of carbonyl (C=O) groups excluding carboxylic acids is 2. The Bertz CT molecular complexity index is 1320. The van der Waals surface area contributed by atoms with Crippen LogP contribution in [0.1, 0.15) is 25.0 Å². The van der Waals surface area contributed by atoms with Crippen LogP contribution in [-0.2, 0) is 26.2 Å². The third-order valence-corrected chi connectivity index (χ3v) is 7.68. The summed E-state index contributed by atoms with van der Waals surface area (Å²) in [4.78, 5) is 27.9. The molecule has 3 aromatic carbocycles. The van der Waals surface area contributed by atoms with Gasteiger partial charge in [-0.1, -0.05) is 65.7 Å². The quantitative estimate of drug-likeness (QED) is 0.423. The van der Waals surface area contributed by atoms with Crippen molar-refractivity contribution in [3.8, 4) is 0 Å². The molecular formula is C27H30ClN3O4S. The zero-order chi connectivity index (χ0) is 26.3. The average Bonchev–Trinajstić information content (AvgIpc) is 2.86. The van der Waals surface area contributed by atoms with Crippen LogP contribution < -0.4 is 9.62 Å². The SMILES string of the molecule is CCNC(=O)[C@@H](C)N(Cc1cccc(C)c1)C(=O)CN(c1cccc(Cl)c1)S(=O)(=O)c1ccccc1. The Morgan fingerprint density at radius 3 is 2.31 bits per heavy atom. The van der Waals surface area contributed by atoms with Crippen molar-refractivity contribution in [2.75, 3.05) is 17.4 Å². The first kappa shape index (κ1) is 27.2. The number of sulfonamides is 1. The summed E-state index contributed by atoms with van der Waals surface area (Å²) in [5.41, 5.74) is 2.10. The molecule has 7 nitrogen and oxygen atoms in total. The van der Waals surface area contributed by atoms with Crippen LogP contribution in [0, 0.1) is 6.92 Å². The van der Waals surface area contributed by atoms with E-state index in [0.717, 1.165) is 15.4 Å². The molecule has 0 saturated heterocycles. The van der Waals surface area contributed by atoms with E-state index in [1.807, 2.05) is 31.2 Å². The van der Waals surface area contributed by atoms with Crippen molar-refractivity contribution >= 4 is 39.1 Å². The molecule has 0 fully saturated rings. The van der Waals surface area contributed by atoms with Gasteiger partial charge in [-0.3, -0.25) is 13.9 Å². The van der Waals surface area contributed by atoms with E-state index in [4.69, 9.17) is 11.6 Å². The van der Waals surface area contributed by atoms with E-state index in [0.29, 0.717) is 11.6 Å². The topological polar surface area (TPSA) is 86.8 Å². The van der Waals surface area contributed by atoms with Crippen molar-refractivity contribution in [1.82, 2.24) is 10.2 Å². The van der Waals surface area contributed by atoms with Gasteiger partial charge < -0.3 is 10.2 Å². The molecule has 0 aliphatic rings. The van der Waals surface area contributed by atoms with Crippen LogP contribution in [0.3, 0.4) is 0 Å². The number of anilines is 1. The molecule has 36 heavy (non-hydrogen) atoms. The average molecular weight is 528 g/mol. The standard InChI is InChI=1S/C27H30ClN3O4S/c1-4-29-27(33)21(3)30(18-22-11-8-10-20(2)16-22)26(32)19-31(24-13-9-12-23(28)17-24)36(34,35)25-14-6-5-7-15-25/h5-17,21H,4,18-19H2,1-3H3,(H,29,33)/t21-/m1/s1. The molecule has 2 amide bonds. The van der Waals surface area contributed by atoms with Crippen LogP contribution in [0.15, 0.2) is 83.8 Å². The number of amides is 2. The van der Waals surface area contributed by atoms with Gasteiger partial charge in [0.2, 0.25) is 11.8 Å². The molecule has 0 unspecified atom stereocenters. The smallest absolute Gasteiger partial charge is 0.264 e. The molecule has 0 bridgehead atoms. The van der Waals surface area contributed by atoms with E-state index >= 15 is 0 Å². The van der Waals surface area contributed by atoms with Crippen molar-refractivity contribution in [2.45, 2.75) is 38.3 Å². The highest BCUT2D eigenvalue weighted by Crippen LogP contribution is 2.26. The lowest BCUT2D eigenvalue weighted by molar-refractivity contribution is -0.139. The minimum absolute atomic E-state index is 0.0415. The molecule has 1 N–H and O–H groups in total. The number of nitrogens with zero attached hydrogens (tertiary/aromatic N) is 2. The van der Waals surface area contributed by atoms with Gasteiger partial charge >= 0.3 is 0 Å². The minimum Gasteiger partial charge on any atom is -0.355 e. The highest BCUT2D eigenvalue weighted by molar-refractivity contribution is 7.92. The molecule has 3 aromatic rings. The van der Waals surface area contributed by atoms with E-state index < -0.39 is 28.5 Å². The maximum Gasteiger partial charge on any atom is 0.264 e. The first-order valence-corrected chi connectivity index (χ1v) is 13.4. The Hall–Kier alpha value is -3.36. The summed E-state index contributed by atoms with van der Waals surface area (Å²) >= 11 is 6.16. The van der Waals surface area contributed by atoms with E-state index in [1.165, 1.54) is 23.1 Å². The van der Waals surface area contributed by atoms with Crippen molar-refractivity contribution in [3.63, 3.8) is 0 Å². The van der Waals surface area contributed by atoms with Crippen LogP contribution in [0.2, 0.25) is 5.02 Å². The Kier molecular flexibility index (Phi) is 9.12. The highest BCUT2D eigenvalue weighted by atomic mass is 35.5. The number of carbonyl (C=O) groups is 2. The summed E-state index contributed by atoms with van der Waals surface area (Å²) in [5, 5.41) is 3.08. The lowest BCUT2D eigenvalue weighted by Crippen LogP contribution is -2.51. The summed E-state index contributed by atoms with van der Waals surface area (Å²) in [6, 6.07) is 21.0. The van der Waals surface area contributed by atoms with Crippen molar-refractivity contribution in [3.05, 3.63) is 95.0 Å². The molecule has 0 spiro atoms. The predicted octanol–water partition coefficient (Wildman–Crippen LogP) is 4.40. The molecular weight excluding hydrogens is 498 g/mol. The Morgan fingerprint density at radius 1 is 0.972 bits per heavy atom. The van der Waals surface area contributed by atoms with Gasteiger partial charge in [-0.05, 0) is 56.7 Å². The summed E-state index contributed by atoms with van der Waals surface area (Å²) < 4.78 is 28.3. The van der Waals surface area contributed by atoms with E-state index in [9.17, 15) is 18.0 Å². The molecule has 0 aromatic heterocycles. The molecule has 0 aliphatic heterocycles. The number of aryl methyl sites for hydroxylation is 1. The molecule has 0 aliphatic carbocycles. The lowest BCUT2D eigenvalue weighted by Gasteiger charge is -2.32. The Labute approximate surface area is 217 Å². The van der Waals surface area contributed by atoms with Gasteiger partial charge in [0, 0.05) is 18.1 Å². The van der Waals surface area contributed by atoms with Crippen LogP contribution >= 0.6 is 11.6 Å². The number of hydrogen-bond acceptors (Lipinski definition) is 4. The second kappa shape index (κ2) is 12.1. The van der Waals surface area contributed by atoms with Crippen LogP contribution in [-0.4, -0.2) is 44.3 Å². The van der Waals surface area contributed by atoms with Gasteiger partial charge in [-0.15, -0.1) is 0 Å². The van der Waals surface area contributed by atoms with Crippen LogP contribution in [0.5, 0.6) is 0 Å². The van der Waals surface area contributed by atoms with Gasteiger partial charge in [-0.2, -0.15) is 0 Å². The number of nitrogens with one attached hydrogen (secondary N) is 1. The number of rotatable bonds is 10. The first-order chi connectivity index (χ1) is 17.1. The number of benzene rings is 3. The fraction of sp³-hybridized carbons (Fsp3) is 0.259. The van der Waals surface area contributed by atoms with E-state index in [1.54, 1.807) is 50.2 Å². The van der Waals surface area contributed by atoms with Crippen LogP contribution in [0.4, 0.5) is 5.69 Å². The summed E-state index contributed by atoms with van der Waals surface area (Å²) in [6.07, 6.45) is 0. The Morgan fingerprint density at radius 2 is 1.67 bits per heavy atom. The summed E-state index contributed by atoms with van der Waals surface area (Å²) in [6.45, 7) is 5.42. The molecule has 1 atom stereocenters. The van der Waals surface area contributed by atoms with E-state index in [-0.39, 0.29) is 23.0 Å². The molecule has 190 valence electrons. The maximum absolute atomic E-state index is 13.7. The number of hydrogen-bond donors (Lipinski definition) is 1. The largest absolute Gasteiger partial charge is 0.355 e. The normalized spacial score (nSPS) is 12.0. The highest BCUT2D eigenvalue weighted by Gasteiger charge is 2.32. The van der Waals surface area contributed by atoms with Crippen molar-refractivity contribution in [2.24, 2.45) is 0 Å². The maximum atomic E-state index is 13.7. The summed E-state index contributed by atoms with van der Waals surface area (Å²) in [5.74, 6) is -0.839. The van der Waals surface area contributed by atoms with Crippen molar-refractivity contribution < 1.29 is 18.0 Å². The Balaban J connectivity index is 2.02. The second-order valence-electron chi connectivity index (χ2n) is 8.39. The molecule has 3 rings (SSSR count). The minimum atomic E-state index is -4.11. The van der Waals surface area contributed by atoms with Crippen LogP contribution in [0.25, 0.3) is 0 Å². The third kappa shape index (κ3) is 6.65. The predicted molar refractivity (Wildman–Crippen MR) is 142 cm³/mol. The zero-order valence-electron chi connectivity index (χ0n) is 20.5. The zero-order valence-corrected chi connectivity index (χ0v) is 22.1. The summed E-state index contributed by atoms with van der Waals surface area (Å²) in [7, 11) is -4.11. The van der Waals surface area contributed by atoms with Gasteiger partial charge in [0.1, 0.15) is 12.6 Å². The molecule has 0 saturated carbocycles. The number of halogens is 1. The fourth-order valence-corrected chi connectivity index (χ4v) is 5.40. The first-order valence-electron chi connectivity index (χ1n) is 11.6. The van der Waals surface area contributed by atoms with Gasteiger partial charge in [-0.25, -0.2) is 8.42 Å². The van der Waals surface area contributed by atoms with Gasteiger partial charge in [0.05, 0.1) is 10.6 Å². The molecule has 0 heterocycles. The monoisotopic (exact) mass is 527 g/mol. The third-order valence-electron chi connectivity index (χ3n) is 5.66. The second-order valence-corrected chi connectivity index (χ2v) is 10.7. The van der Waals surface area contributed by atoms with Gasteiger partial charge in [0.15, 0.2) is 0 Å². The number of likely N-dealkylation sites (N-methyl/N-ethyl adjacent to an activating group) is 1. The molecule has 9 heteroatoms. The van der Waals surface area contributed by atoms with Gasteiger partial charge in [0.25, 0.3) is 10.0 Å². The fourth-order valence-electron chi connectivity index (χ4n) is 3.79. The molecule has 0 radical (unpaired) electrons.